The first-order valence-corrected chi connectivity index (χ1v) is 9.40. The quantitative estimate of drug-likeness (QED) is 0.427. The molecule has 0 aliphatic carbocycles. The van der Waals surface area contributed by atoms with Crippen LogP contribution in [0.5, 0.6) is 5.75 Å². The molecule has 0 saturated heterocycles. The van der Waals surface area contributed by atoms with Crippen molar-refractivity contribution in [3.8, 4) is 5.75 Å². The second kappa shape index (κ2) is 8.93. The maximum Gasteiger partial charge on any atom is 0.136 e. The number of aromatic nitrogens is 2. The molecule has 0 unspecified atom stereocenters. The van der Waals surface area contributed by atoms with Crippen molar-refractivity contribution in [3.63, 3.8) is 0 Å². The molecular formula is C23H22N4O2. The lowest BCUT2D eigenvalue weighted by Crippen LogP contribution is -2.04. The van der Waals surface area contributed by atoms with Gasteiger partial charge in [-0.3, -0.25) is 0 Å². The predicted octanol–water partition coefficient (Wildman–Crippen LogP) is 5.31. The van der Waals surface area contributed by atoms with Crippen LogP contribution in [-0.4, -0.2) is 9.97 Å². The summed E-state index contributed by atoms with van der Waals surface area (Å²) in [6.45, 7) is 2.98. The molecule has 2 aromatic heterocycles. The number of hydrogen-bond donors (Lipinski definition) is 2. The maximum atomic E-state index is 5.83. The van der Waals surface area contributed by atoms with Crippen molar-refractivity contribution in [2.45, 2.75) is 20.1 Å². The summed E-state index contributed by atoms with van der Waals surface area (Å²) in [5.74, 6) is 3.80. The van der Waals surface area contributed by atoms with Crippen LogP contribution in [0.3, 0.4) is 0 Å². The van der Waals surface area contributed by atoms with Crippen LogP contribution >= 0.6 is 0 Å². The highest BCUT2D eigenvalue weighted by atomic mass is 16.5. The van der Waals surface area contributed by atoms with Crippen molar-refractivity contribution in [3.05, 3.63) is 96.2 Å². The molecule has 4 aromatic rings. The monoisotopic (exact) mass is 386 g/mol. The van der Waals surface area contributed by atoms with Gasteiger partial charge in [-0.15, -0.1) is 0 Å². The highest BCUT2D eigenvalue weighted by Crippen LogP contribution is 2.21. The minimum absolute atomic E-state index is 0.545. The van der Waals surface area contributed by atoms with Crippen molar-refractivity contribution in [2.75, 3.05) is 10.6 Å². The van der Waals surface area contributed by atoms with Crippen molar-refractivity contribution in [1.82, 2.24) is 9.97 Å². The molecule has 0 radical (unpaired) electrons. The van der Waals surface area contributed by atoms with E-state index in [4.69, 9.17) is 9.15 Å². The van der Waals surface area contributed by atoms with E-state index in [0.29, 0.717) is 19.0 Å². The number of aryl methyl sites for hydroxylation is 1. The number of ether oxygens (including phenoxy) is 1. The molecule has 0 aliphatic heterocycles. The van der Waals surface area contributed by atoms with E-state index in [-0.39, 0.29) is 0 Å². The average Bonchev–Trinajstić information content (AvgIpc) is 3.26. The van der Waals surface area contributed by atoms with Gasteiger partial charge < -0.3 is 19.8 Å². The molecule has 4 rings (SSSR count). The molecule has 0 saturated carbocycles. The Hall–Kier alpha value is -3.80. The number of rotatable bonds is 8. The van der Waals surface area contributed by atoms with E-state index in [0.717, 1.165) is 34.4 Å². The van der Waals surface area contributed by atoms with E-state index in [9.17, 15) is 0 Å². The third-order valence-electron chi connectivity index (χ3n) is 4.24. The molecule has 6 nitrogen and oxygen atoms in total. The second-order valence-corrected chi connectivity index (χ2v) is 6.54. The van der Waals surface area contributed by atoms with E-state index in [1.54, 1.807) is 6.26 Å². The van der Waals surface area contributed by atoms with Gasteiger partial charge in [0.05, 0.1) is 12.8 Å². The molecule has 0 amide bonds. The standard InChI is InChI=1S/C23H22N4O2/c1-17-25-22(24-15-21-8-5-13-28-21)14-23(26-17)27-19-9-11-20(12-10-19)29-16-18-6-3-2-4-7-18/h2-14H,15-16H2,1H3,(H2,24,25,26,27). The average molecular weight is 386 g/mol. The minimum Gasteiger partial charge on any atom is -0.489 e. The van der Waals surface area contributed by atoms with Crippen LogP contribution in [0.1, 0.15) is 17.1 Å². The minimum atomic E-state index is 0.545. The van der Waals surface area contributed by atoms with Gasteiger partial charge in [-0.05, 0) is 48.9 Å². The van der Waals surface area contributed by atoms with E-state index >= 15 is 0 Å². The Morgan fingerprint density at radius 2 is 1.69 bits per heavy atom. The Kier molecular flexibility index (Phi) is 5.71. The molecule has 0 aliphatic rings. The summed E-state index contributed by atoms with van der Waals surface area (Å²) in [6.07, 6.45) is 1.66. The first kappa shape index (κ1) is 18.6. The molecule has 2 heterocycles. The van der Waals surface area contributed by atoms with Gasteiger partial charge in [0.15, 0.2) is 0 Å². The van der Waals surface area contributed by atoms with E-state index in [1.165, 1.54) is 0 Å². The third kappa shape index (κ3) is 5.35. The SMILES string of the molecule is Cc1nc(NCc2ccco2)cc(Nc2ccc(OCc3ccccc3)cc2)n1. The van der Waals surface area contributed by atoms with E-state index < -0.39 is 0 Å². The molecular weight excluding hydrogens is 364 g/mol. The Morgan fingerprint density at radius 3 is 2.45 bits per heavy atom. The summed E-state index contributed by atoms with van der Waals surface area (Å²) in [5.41, 5.74) is 2.06. The Labute approximate surface area is 169 Å². The van der Waals surface area contributed by atoms with Gasteiger partial charge in [-0.2, -0.15) is 0 Å². The second-order valence-electron chi connectivity index (χ2n) is 6.54. The van der Waals surface area contributed by atoms with Crippen LogP contribution in [0.25, 0.3) is 0 Å². The zero-order valence-electron chi connectivity index (χ0n) is 16.1. The van der Waals surface area contributed by atoms with Crippen LogP contribution in [0, 0.1) is 6.92 Å². The fourth-order valence-corrected chi connectivity index (χ4v) is 2.84. The van der Waals surface area contributed by atoms with Crippen LogP contribution in [0.15, 0.2) is 83.5 Å². The van der Waals surface area contributed by atoms with Crippen LogP contribution in [-0.2, 0) is 13.2 Å². The number of benzene rings is 2. The van der Waals surface area contributed by atoms with Gasteiger partial charge in [0, 0.05) is 11.8 Å². The predicted molar refractivity (Wildman–Crippen MR) is 113 cm³/mol. The molecule has 2 N–H and O–H groups in total. The summed E-state index contributed by atoms with van der Waals surface area (Å²) in [6, 6.07) is 23.6. The maximum absolute atomic E-state index is 5.83. The molecule has 29 heavy (non-hydrogen) atoms. The topological polar surface area (TPSA) is 72.2 Å². The van der Waals surface area contributed by atoms with Crippen molar-refractivity contribution in [2.24, 2.45) is 0 Å². The van der Waals surface area contributed by atoms with Gasteiger partial charge in [-0.1, -0.05) is 30.3 Å². The van der Waals surface area contributed by atoms with Crippen molar-refractivity contribution in [1.29, 1.82) is 0 Å². The normalized spacial score (nSPS) is 10.5. The highest BCUT2D eigenvalue weighted by Gasteiger charge is 2.04. The summed E-state index contributed by atoms with van der Waals surface area (Å²) >= 11 is 0. The van der Waals surface area contributed by atoms with Crippen LogP contribution in [0.4, 0.5) is 17.3 Å². The van der Waals surface area contributed by atoms with Gasteiger partial charge in [-0.25, -0.2) is 9.97 Å². The lowest BCUT2D eigenvalue weighted by molar-refractivity contribution is 0.306. The molecule has 0 fully saturated rings. The first-order valence-electron chi connectivity index (χ1n) is 9.40. The number of hydrogen-bond acceptors (Lipinski definition) is 6. The zero-order chi connectivity index (χ0) is 19.9. The lowest BCUT2D eigenvalue weighted by atomic mass is 10.2. The molecule has 0 bridgehead atoms. The molecule has 6 heteroatoms. The summed E-state index contributed by atoms with van der Waals surface area (Å²) in [5, 5.41) is 6.56. The molecule has 0 spiro atoms. The van der Waals surface area contributed by atoms with Crippen LogP contribution < -0.4 is 15.4 Å². The Morgan fingerprint density at radius 1 is 0.897 bits per heavy atom. The fourth-order valence-electron chi connectivity index (χ4n) is 2.84. The first-order chi connectivity index (χ1) is 14.2. The van der Waals surface area contributed by atoms with Gasteiger partial charge >= 0.3 is 0 Å². The van der Waals surface area contributed by atoms with E-state index in [2.05, 4.69) is 20.6 Å². The van der Waals surface area contributed by atoms with Crippen LogP contribution in [0.2, 0.25) is 0 Å². The molecule has 146 valence electrons. The molecule has 0 atom stereocenters. The third-order valence-corrected chi connectivity index (χ3v) is 4.24. The number of furan rings is 1. The van der Waals surface area contributed by atoms with Gasteiger partial charge in [0.2, 0.25) is 0 Å². The van der Waals surface area contributed by atoms with Gasteiger partial charge in [0.1, 0.15) is 35.6 Å². The zero-order valence-corrected chi connectivity index (χ0v) is 16.1. The number of nitrogens with zero attached hydrogens (tertiary/aromatic N) is 2. The number of anilines is 3. The molecule has 2 aromatic carbocycles. The van der Waals surface area contributed by atoms with Gasteiger partial charge in [0.25, 0.3) is 0 Å². The Balaban J connectivity index is 1.37. The van der Waals surface area contributed by atoms with E-state index in [1.807, 2.05) is 79.7 Å². The smallest absolute Gasteiger partial charge is 0.136 e. The summed E-state index contributed by atoms with van der Waals surface area (Å²) < 4.78 is 11.2. The van der Waals surface area contributed by atoms with Crippen molar-refractivity contribution >= 4 is 17.3 Å². The summed E-state index contributed by atoms with van der Waals surface area (Å²) in [4.78, 5) is 8.87. The number of nitrogens with one attached hydrogen (secondary N) is 2. The Bertz CT molecular complexity index is 1030. The van der Waals surface area contributed by atoms with Crippen molar-refractivity contribution < 1.29 is 9.15 Å². The highest BCUT2D eigenvalue weighted by molar-refractivity contribution is 5.60. The fraction of sp³-hybridized carbons (Fsp3) is 0.130. The largest absolute Gasteiger partial charge is 0.489 e. The lowest BCUT2D eigenvalue weighted by Gasteiger charge is -2.11. The summed E-state index contributed by atoms with van der Waals surface area (Å²) in [7, 11) is 0.